The van der Waals surface area contributed by atoms with Crippen LogP contribution in [0.25, 0.3) is 16.4 Å². The SMILES string of the molecule is Cc1ccc(NC(=O)C(C)n2c(-c3cccs3)n[nH]c2=S)cc1-n1nnnc1C. The van der Waals surface area contributed by atoms with E-state index in [4.69, 9.17) is 12.2 Å². The highest BCUT2D eigenvalue weighted by molar-refractivity contribution is 7.71. The Morgan fingerprint density at radius 3 is 2.83 bits per heavy atom. The molecule has 1 aromatic carbocycles. The number of hydrogen-bond acceptors (Lipinski definition) is 7. The van der Waals surface area contributed by atoms with Gasteiger partial charge in [0.2, 0.25) is 5.91 Å². The standard InChI is InChI=1S/C18H18N8OS2/c1-10-6-7-13(9-14(10)26-12(3)20-23-24-26)19-17(27)11(2)25-16(21-22-18(25)28)15-5-4-8-29-15/h4-9,11H,1-3H3,(H,19,27)(H,22,28). The maximum atomic E-state index is 13.0. The number of aromatic amines is 1. The predicted octanol–water partition coefficient (Wildman–Crippen LogP) is 3.46. The van der Waals surface area contributed by atoms with Gasteiger partial charge in [-0.1, -0.05) is 12.1 Å². The van der Waals surface area contributed by atoms with E-state index in [2.05, 4.69) is 31.0 Å². The van der Waals surface area contributed by atoms with Gasteiger partial charge < -0.3 is 5.32 Å². The number of rotatable bonds is 5. The van der Waals surface area contributed by atoms with Crippen molar-refractivity contribution in [2.45, 2.75) is 26.8 Å². The second-order valence-corrected chi connectivity index (χ2v) is 7.84. The van der Waals surface area contributed by atoms with Gasteiger partial charge in [0.15, 0.2) is 16.4 Å². The molecule has 2 N–H and O–H groups in total. The Morgan fingerprint density at radius 1 is 1.31 bits per heavy atom. The number of carbonyl (C=O) groups is 1. The van der Waals surface area contributed by atoms with Crippen molar-refractivity contribution >= 4 is 35.1 Å². The highest BCUT2D eigenvalue weighted by Crippen LogP contribution is 2.26. The van der Waals surface area contributed by atoms with E-state index in [-0.39, 0.29) is 5.91 Å². The van der Waals surface area contributed by atoms with Crippen LogP contribution in [0.15, 0.2) is 35.7 Å². The van der Waals surface area contributed by atoms with Crippen LogP contribution in [0.3, 0.4) is 0 Å². The molecule has 4 rings (SSSR count). The van der Waals surface area contributed by atoms with Crippen molar-refractivity contribution in [3.05, 3.63) is 51.9 Å². The minimum absolute atomic E-state index is 0.205. The first-order valence-corrected chi connectivity index (χ1v) is 10.1. The van der Waals surface area contributed by atoms with Gasteiger partial charge in [-0.3, -0.25) is 14.5 Å². The van der Waals surface area contributed by atoms with Gasteiger partial charge in [-0.05, 0) is 72.6 Å². The molecule has 0 aliphatic carbocycles. The molecule has 0 saturated carbocycles. The number of benzene rings is 1. The number of carbonyl (C=O) groups excluding carboxylic acids is 1. The summed E-state index contributed by atoms with van der Waals surface area (Å²) in [5.41, 5.74) is 2.44. The minimum Gasteiger partial charge on any atom is -0.324 e. The number of nitrogens with zero attached hydrogens (tertiary/aromatic N) is 6. The lowest BCUT2D eigenvalue weighted by molar-refractivity contribution is -0.118. The zero-order valence-corrected chi connectivity index (χ0v) is 17.6. The Bertz CT molecular complexity index is 1220. The third-order valence-electron chi connectivity index (χ3n) is 4.54. The molecule has 0 aliphatic heterocycles. The molecule has 1 amide bonds. The van der Waals surface area contributed by atoms with E-state index in [1.54, 1.807) is 16.2 Å². The highest BCUT2D eigenvalue weighted by atomic mass is 32.1. The molecule has 3 aromatic heterocycles. The molecule has 11 heteroatoms. The summed E-state index contributed by atoms with van der Waals surface area (Å²) in [6.45, 7) is 5.57. The molecule has 1 unspecified atom stereocenters. The van der Waals surface area contributed by atoms with Gasteiger partial charge in [0, 0.05) is 5.69 Å². The van der Waals surface area contributed by atoms with Crippen LogP contribution >= 0.6 is 23.6 Å². The molecule has 0 bridgehead atoms. The first kappa shape index (κ1) is 19.2. The summed E-state index contributed by atoms with van der Waals surface area (Å²) in [6, 6.07) is 8.92. The lowest BCUT2D eigenvalue weighted by atomic mass is 10.1. The van der Waals surface area contributed by atoms with Crippen LogP contribution in [-0.2, 0) is 4.79 Å². The Labute approximate surface area is 175 Å². The number of H-pyrrole nitrogens is 1. The number of aromatic nitrogens is 7. The maximum absolute atomic E-state index is 13.0. The molecule has 148 valence electrons. The molecule has 0 spiro atoms. The number of hydrogen-bond donors (Lipinski definition) is 2. The Balaban J connectivity index is 1.62. The fourth-order valence-corrected chi connectivity index (χ4v) is 3.98. The van der Waals surface area contributed by atoms with Crippen LogP contribution in [0.1, 0.15) is 24.4 Å². The van der Waals surface area contributed by atoms with Gasteiger partial charge in [-0.15, -0.1) is 16.4 Å². The van der Waals surface area contributed by atoms with Crippen LogP contribution in [0.4, 0.5) is 5.69 Å². The Kier molecular flexibility index (Phi) is 5.07. The first-order chi connectivity index (χ1) is 14.0. The van der Waals surface area contributed by atoms with E-state index in [0.717, 1.165) is 16.1 Å². The van der Waals surface area contributed by atoms with Crippen molar-refractivity contribution in [1.29, 1.82) is 0 Å². The first-order valence-electron chi connectivity index (χ1n) is 8.83. The van der Waals surface area contributed by atoms with Crippen molar-refractivity contribution in [3.8, 4) is 16.4 Å². The Hall–Kier alpha value is -3.18. The van der Waals surface area contributed by atoms with Gasteiger partial charge in [0.05, 0.1) is 10.6 Å². The third-order valence-corrected chi connectivity index (χ3v) is 5.70. The van der Waals surface area contributed by atoms with E-state index >= 15 is 0 Å². The van der Waals surface area contributed by atoms with Gasteiger partial charge in [-0.2, -0.15) is 9.78 Å². The molecule has 0 fully saturated rings. The summed E-state index contributed by atoms with van der Waals surface area (Å²) in [7, 11) is 0. The predicted molar refractivity (Wildman–Crippen MR) is 113 cm³/mol. The summed E-state index contributed by atoms with van der Waals surface area (Å²) in [4.78, 5) is 13.9. The molecule has 29 heavy (non-hydrogen) atoms. The summed E-state index contributed by atoms with van der Waals surface area (Å²) in [6.07, 6.45) is 0. The van der Waals surface area contributed by atoms with Crippen molar-refractivity contribution in [2.75, 3.05) is 5.32 Å². The van der Waals surface area contributed by atoms with Crippen molar-refractivity contribution < 1.29 is 4.79 Å². The second kappa shape index (κ2) is 7.68. The summed E-state index contributed by atoms with van der Waals surface area (Å²) >= 11 is 6.89. The fraction of sp³-hybridized carbons (Fsp3) is 0.222. The highest BCUT2D eigenvalue weighted by Gasteiger charge is 2.22. The van der Waals surface area contributed by atoms with E-state index in [0.29, 0.717) is 22.1 Å². The van der Waals surface area contributed by atoms with Gasteiger partial charge in [-0.25, -0.2) is 0 Å². The van der Waals surface area contributed by atoms with Crippen molar-refractivity contribution in [2.24, 2.45) is 0 Å². The molecular formula is C18H18N8OS2. The maximum Gasteiger partial charge on any atom is 0.247 e. The van der Waals surface area contributed by atoms with E-state index in [9.17, 15) is 4.79 Å². The normalized spacial score (nSPS) is 12.1. The fourth-order valence-electron chi connectivity index (χ4n) is 2.98. The summed E-state index contributed by atoms with van der Waals surface area (Å²) in [5, 5.41) is 23.6. The van der Waals surface area contributed by atoms with Crippen LogP contribution in [-0.4, -0.2) is 40.9 Å². The van der Waals surface area contributed by atoms with Crippen LogP contribution in [0.5, 0.6) is 0 Å². The van der Waals surface area contributed by atoms with Crippen molar-refractivity contribution in [1.82, 2.24) is 35.0 Å². The molecule has 0 radical (unpaired) electrons. The molecule has 3 heterocycles. The number of aryl methyl sites for hydroxylation is 2. The van der Waals surface area contributed by atoms with Crippen molar-refractivity contribution in [3.63, 3.8) is 0 Å². The van der Waals surface area contributed by atoms with Gasteiger partial charge >= 0.3 is 0 Å². The van der Waals surface area contributed by atoms with E-state index < -0.39 is 6.04 Å². The third kappa shape index (κ3) is 3.61. The minimum atomic E-state index is -0.558. The molecule has 0 saturated heterocycles. The number of thiophene rings is 1. The second-order valence-electron chi connectivity index (χ2n) is 6.50. The quantitative estimate of drug-likeness (QED) is 0.473. The monoisotopic (exact) mass is 426 g/mol. The number of tetrazole rings is 1. The zero-order chi connectivity index (χ0) is 20.5. The molecule has 1 atom stereocenters. The average molecular weight is 427 g/mol. The molecular weight excluding hydrogens is 408 g/mol. The van der Waals surface area contributed by atoms with Gasteiger partial charge in [0.1, 0.15) is 6.04 Å². The lowest BCUT2D eigenvalue weighted by Gasteiger charge is -2.16. The number of anilines is 1. The van der Waals surface area contributed by atoms with Gasteiger partial charge in [0.25, 0.3) is 0 Å². The molecule has 9 nitrogen and oxygen atoms in total. The number of amides is 1. The zero-order valence-electron chi connectivity index (χ0n) is 15.9. The van der Waals surface area contributed by atoms with Crippen LogP contribution in [0, 0.1) is 18.6 Å². The smallest absolute Gasteiger partial charge is 0.247 e. The molecule has 0 aliphatic rings. The van der Waals surface area contributed by atoms with Crippen LogP contribution in [0.2, 0.25) is 0 Å². The largest absolute Gasteiger partial charge is 0.324 e. The Morgan fingerprint density at radius 2 is 2.14 bits per heavy atom. The van der Waals surface area contributed by atoms with Crippen LogP contribution < -0.4 is 5.32 Å². The lowest BCUT2D eigenvalue weighted by Crippen LogP contribution is -2.24. The number of nitrogens with one attached hydrogen (secondary N) is 2. The topological polar surface area (TPSA) is 106 Å². The summed E-state index contributed by atoms with van der Waals surface area (Å²) in [5.74, 6) is 1.10. The molecule has 4 aromatic rings. The van der Waals surface area contributed by atoms with E-state index in [1.807, 2.05) is 49.6 Å². The summed E-state index contributed by atoms with van der Waals surface area (Å²) < 4.78 is 3.75. The van der Waals surface area contributed by atoms with E-state index in [1.165, 1.54) is 11.3 Å². The average Bonchev–Trinajstić information content (AvgIpc) is 3.44.